The third-order valence-corrected chi connectivity index (χ3v) is 4.17. The van der Waals surface area contributed by atoms with Gasteiger partial charge in [-0.1, -0.05) is 31.5 Å². The van der Waals surface area contributed by atoms with Gasteiger partial charge in [-0.25, -0.2) is 0 Å². The van der Waals surface area contributed by atoms with Crippen LogP contribution in [-0.4, -0.2) is 11.9 Å². The molecule has 1 aromatic rings. The molecule has 1 aromatic carbocycles. The first-order valence-electron chi connectivity index (χ1n) is 7.79. The lowest BCUT2D eigenvalue weighted by molar-refractivity contribution is -0.123. The van der Waals surface area contributed by atoms with E-state index in [1.54, 1.807) is 0 Å². The van der Waals surface area contributed by atoms with Crippen LogP contribution in [0.15, 0.2) is 18.2 Å². The zero-order valence-corrected chi connectivity index (χ0v) is 13.8. The zero-order valence-electron chi connectivity index (χ0n) is 13.0. The summed E-state index contributed by atoms with van der Waals surface area (Å²) in [4.78, 5) is 12.0. The number of aryl methyl sites for hydroxylation is 2. The number of rotatable bonds is 5. The third kappa shape index (κ3) is 4.72. The molecule has 4 heteroatoms. The van der Waals surface area contributed by atoms with Crippen molar-refractivity contribution in [1.29, 1.82) is 0 Å². The van der Waals surface area contributed by atoms with Crippen molar-refractivity contribution in [2.24, 2.45) is 5.73 Å². The van der Waals surface area contributed by atoms with E-state index in [0.717, 1.165) is 12.8 Å². The monoisotopic (exact) mass is 310 g/mol. The minimum atomic E-state index is -0.389. The van der Waals surface area contributed by atoms with Gasteiger partial charge in [-0.2, -0.15) is 0 Å². The molecule has 3 nitrogen and oxygen atoms in total. The van der Waals surface area contributed by atoms with Gasteiger partial charge >= 0.3 is 0 Å². The number of nitrogens with one attached hydrogen (secondary N) is 1. The minimum Gasteiger partial charge on any atom is -0.348 e. The fourth-order valence-corrected chi connectivity index (χ4v) is 2.87. The van der Waals surface area contributed by atoms with E-state index in [1.165, 1.54) is 42.4 Å². The lowest BCUT2D eigenvalue weighted by Crippen LogP contribution is -2.41. The van der Waals surface area contributed by atoms with Crippen molar-refractivity contribution < 1.29 is 4.79 Å². The van der Waals surface area contributed by atoms with E-state index in [2.05, 4.69) is 23.5 Å². The standard InChI is InChI=1S/C17H26N2O.ClH/c1-3-6-16(18)17(20)19-12(2)14-10-9-13-7-4-5-8-15(13)11-14;/h9-12,16H,3-8,18H2,1-2H3,(H,19,20);1H. The molecule has 0 heterocycles. The maximum Gasteiger partial charge on any atom is 0.237 e. The maximum atomic E-state index is 12.0. The summed E-state index contributed by atoms with van der Waals surface area (Å²) >= 11 is 0. The molecule has 0 spiro atoms. The van der Waals surface area contributed by atoms with Crippen LogP contribution in [-0.2, 0) is 17.6 Å². The number of halogens is 1. The molecule has 0 radical (unpaired) electrons. The summed E-state index contributed by atoms with van der Waals surface area (Å²) in [7, 11) is 0. The normalized spacial score (nSPS) is 16.3. The summed E-state index contributed by atoms with van der Waals surface area (Å²) in [5.74, 6) is -0.0444. The average molecular weight is 311 g/mol. The number of amides is 1. The molecule has 0 aliphatic heterocycles. The summed E-state index contributed by atoms with van der Waals surface area (Å²) in [6.07, 6.45) is 6.60. The number of fused-ring (bicyclic) bond motifs is 1. The van der Waals surface area contributed by atoms with E-state index in [-0.39, 0.29) is 30.4 Å². The Morgan fingerprint density at radius 1 is 1.29 bits per heavy atom. The largest absolute Gasteiger partial charge is 0.348 e. The quantitative estimate of drug-likeness (QED) is 0.877. The Labute approximate surface area is 134 Å². The van der Waals surface area contributed by atoms with E-state index in [9.17, 15) is 4.79 Å². The lowest BCUT2D eigenvalue weighted by atomic mass is 9.89. The van der Waals surface area contributed by atoms with Gasteiger partial charge < -0.3 is 11.1 Å². The molecule has 2 unspecified atom stereocenters. The Kier molecular flexibility index (Phi) is 7.20. The predicted octanol–water partition coefficient (Wildman–Crippen LogP) is 3.29. The Hall–Kier alpha value is -1.06. The van der Waals surface area contributed by atoms with E-state index in [0.29, 0.717) is 0 Å². The summed E-state index contributed by atoms with van der Waals surface area (Å²) < 4.78 is 0. The molecule has 1 aliphatic rings. The van der Waals surface area contributed by atoms with Crippen molar-refractivity contribution in [3.8, 4) is 0 Å². The molecule has 3 N–H and O–H groups in total. The first-order valence-corrected chi connectivity index (χ1v) is 7.79. The molecule has 118 valence electrons. The fraction of sp³-hybridized carbons (Fsp3) is 0.588. The fourth-order valence-electron chi connectivity index (χ4n) is 2.87. The summed E-state index contributed by atoms with van der Waals surface area (Å²) in [6.45, 7) is 4.07. The molecule has 2 atom stereocenters. The Bertz CT molecular complexity index is 476. The minimum absolute atomic E-state index is 0. The zero-order chi connectivity index (χ0) is 14.5. The van der Waals surface area contributed by atoms with Crippen LogP contribution >= 0.6 is 12.4 Å². The second kappa shape index (κ2) is 8.40. The molecule has 0 aromatic heterocycles. The number of hydrogen-bond donors (Lipinski definition) is 2. The number of nitrogens with two attached hydrogens (primary N) is 1. The van der Waals surface area contributed by atoms with Gasteiger partial charge in [-0.15, -0.1) is 12.4 Å². The molecule has 0 fully saturated rings. The second-order valence-corrected chi connectivity index (χ2v) is 5.86. The highest BCUT2D eigenvalue weighted by Crippen LogP contribution is 2.24. The predicted molar refractivity (Wildman–Crippen MR) is 89.8 cm³/mol. The van der Waals surface area contributed by atoms with Gasteiger partial charge in [0.2, 0.25) is 5.91 Å². The van der Waals surface area contributed by atoms with Gasteiger partial charge in [-0.05, 0) is 55.7 Å². The lowest BCUT2D eigenvalue weighted by Gasteiger charge is -2.21. The third-order valence-electron chi connectivity index (χ3n) is 4.17. The van der Waals surface area contributed by atoms with E-state index in [4.69, 9.17) is 5.73 Å². The molecule has 0 saturated heterocycles. The topological polar surface area (TPSA) is 55.1 Å². The van der Waals surface area contributed by atoms with Crippen LogP contribution in [0.1, 0.15) is 62.3 Å². The van der Waals surface area contributed by atoms with E-state index in [1.807, 2.05) is 13.8 Å². The van der Waals surface area contributed by atoms with Crippen molar-refractivity contribution in [2.45, 2.75) is 64.5 Å². The molecule has 21 heavy (non-hydrogen) atoms. The highest BCUT2D eigenvalue weighted by molar-refractivity contribution is 5.85. The van der Waals surface area contributed by atoms with Crippen molar-refractivity contribution in [3.63, 3.8) is 0 Å². The summed E-state index contributed by atoms with van der Waals surface area (Å²) in [6, 6.07) is 6.25. The maximum absolute atomic E-state index is 12.0. The Morgan fingerprint density at radius 2 is 1.95 bits per heavy atom. The Morgan fingerprint density at radius 3 is 2.62 bits per heavy atom. The smallest absolute Gasteiger partial charge is 0.237 e. The van der Waals surface area contributed by atoms with Crippen molar-refractivity contribution in [2.75, 3.05) is 0 Å². The van der Waals surface area contributed by atoms with Crippen molar-refractivity contribution in [3.05, 3.63) is 34.9 Å². The van der Waals surface area contributed by atoms with Gasteiger partial charge in [0.25, 0.3) is 0 Å². The van der Waals surface area contributed by atoms with Gasteiger partial charge in [0.1, 0.15) is 0 Å². The van der Waals surface area contributed by atoms with Gasteiger partial charge in [0.15, 0.2) is 0 Å². The van der Waals surface area contributed by atoms with Crippen molar-refractivity contribution in [1.82, 2.24) is 5.32 Å². The van der Waals surface area contributed by atoms with Crippen LogP contribution in [0.25, 0.3) is 0 Å². The molecule has 2 rings (SSSR count). The van der Waals surface area contributed by atoms with Crippen molar-refractivity contribution >= 4 is 18.3 Å². The molecule has 1 aliphatic carbocycles. The molecule has 0 bridgehead atoms. The first-order chi connectivity index (χ1) is 9.61. The van der Waals surface area contributed by atoms with E-state index >= 15 is 0 Å². The van der Waals surface area contributed by atoms with Crippen LogP contribution in [0.3, 0.4) is 0 Å². The number of carbonyl (C=O) groups is 1. The van der Waals surface area contributed by atoms with Gasteiger partial charge in [0.05, 0.1) is 12.1 Å². The van der Waals surface area contributed by atoms with E-state index < -0.39 is 0 Å². The average Bonchev–Trinajstić information content (AvgIpc) is 2.46. The summed E-state index contributed by atoms with van der Waals surface area (Å²) in [5, 5.41) is 3.02. The van der Waals surface area contributed by atoms with Crippen LogP contribution in [0.5, 0.6) is 0 Å². The van der Waals surface area contributed by atoms with Gasteiger partial charge in [-0.3, -0.25) is 4.79 Å². The SMILES string of the molecule is CCCC(N)C(=O)NC(C)c1ccc2c(c1)CCCC2.Cl. The first kappa shape index (κ1) is 18.0. The van der Waals surface area contributed by atoms with Crippen LogP contribution in [0.4, 0.5) is 0 Å². The molecular formula is C17H27ClN2O. The Balaban J connectivity index is 0.00000220. The van der Waals surface area contributed by atoms with Gasteiger partial charge in [0, 0.05) is 0 Å². The summed E-state index contributed by atoms with van der Waals surface area (Å²) in [5.41, 5.74) is 9.96. The van der Waals surface area contributed by atoms with Crippen LogP contribution < -0.4 is 11.1 Å². The molecular weight excluding hydrogens is 284 g/mol. The second-order valence-electron chi connectivity index (χ2n) is 5.86. The molecule has 0 saturated carbocycles. The number of benzene rings is 1. The molecule has 1 amide bonds. The van der Waals surface area contributed by atoms with Crippen LogP contribution in [0.2, 0.25) is 0 Å². The van der Waals surface area contributed by atoms with Crippen LogP contribution in [0, 0.1) is 0 Å². The number of carbonyl (C=O) groups excluding carboxylic acids is 1. The highest BCUT2D eigenvalue weighted by atomic mass is 35.5. The number of hydrogen-bond acceptors (Lipinski definition) is 2. The highest BCUT2D eigenvalue weighted by Gasteiger charge is 2.17.